The maximum atomic E-state index is 12.0. The zero-order valence-corrected chi connectivity index (χ0v) is 13.3. The molecule has 0 radical (unpaired) electrons. The number of carbonyl (C=O) groups excluding carboxylic acids is 1. The SMILES string of the molecule is COCC(=O)c1cc([N+](=O)[O-])c(CC2CCCCC2)cc1C. The Balaban J connectivity index is 2.30. The van der Waals surface area contributed by atoms with Gasteiger partial charge in [-0.05, 0) is 30.9 Å². The van der Waals surface area contributed by atoms with Gasteiger partial charge in [0.05, 0.1) is 4.92 Å². The Bertz CT molecular complexity index is 562. The van der Waals surface area contributed by atoms with Crippen molar-refractivity contribution in [3.05, 3.63) is 38.9 Å². The minimum atomic E-state index is -0.374. The lowest BCUT2D eigenvalue weighted by Gasteiger charge is -2.21. The lowest BCUT2D eigenvalue weighted by atomic mass is 9.84. The summed E-state index contributed by atoms with van der Waals surface area (Å²) in [6, 6.07) is 3.24. The van der Waals surface area contributed by atoms with E-state index in [9.17, 15) is 14.9 Å². The number of rotatable bonds is 6. The fourth-order valence-electron chi connectivity index (χ4n) is 3.30. The first-order chi connectivity index (χ1) is 10.5. The molecule has 1 aliphatic carbocycles. The summed E-state index contributed by atoms with van der Waals surface area (Å²) in [6.07, 6.45) is 6.70. The molecule has 0 bridgehead atoms. The summed E-state index contributed by atoms with van der Waals surface area (Å²) in [5, 5.41) is 11.4. The molecule has 1 aromatic carbocycles. The molecule has 0 aliphatic heterocycles. The van der Waals surface area contributed by atoms with Crippen LogP contribution in [0.2, 0.25) is 0 Å². The molecule has 5 heteroatoms. The largest absolute Gasteiger partial charge is 0.377 e. The first-order valence-electron chi connectivity index (χ1n) is 7.83. The van der Waals surface area contributed by atoms with Crippen LogP contribution in [-0.2, 0) is 11.2 Å². The minimum Gasteiger partial charge on any atom is -0.377 e. The molecule has 120 valence electrons. The molecule has 0 heterocycles. The van der Waals surface area contributed by atoms with Crippen LogP contribution < -0.4 is 0 Å². The minimum absolute atomic E-state index is 0.0556. The first-order valence-corrected chi connectivity index (χ1v) is 7.83. The average molecular weight is 305 g/mol. The number of hydrogen-bond donors (Lipinski definition) is 0. The van der Waals surface area contributed by atoms with E-state index in [0.29, 0.717) is 11.5 Å². The van der Waals surface area contributed by atoms with E-state index in [2.05, 4.69) is 0 Å². The van der Waals surface area contributed by atoms with Gasteiger partial charge in [0.15, 0.2) is 5.78 Å². The number of methoxy groups -OCH3 is 1. The highest BCUT2D eigenvalue weighted by molar-refractivity contribution is 5.99. The summed E-state index contributed by atoms with van der Waals surface area (Å²) in [5.41, 5.74) is 2.00. The monoisotopic (exact) mass is 305 g/mol. The molecule has 0 unspecified atom stereocenters. The molecular formula is C17H23NO4. The zero-order chi connectivity index (χ0) is 16.1. The number of carbonyl (C=O) groups is 1. The Morgan fingerprint density at radius 2 is 2.00 bits per heavy atom. The Labute approximate surface area is 130 Å². The van der Waals surface area contributed by atoms with Crippen LogP contribution >= 0.6 is 0 Å². The third-order valence-electron chi connectivity index (χ3n) is 4.43. The number of nitrogens with zero attached hydrogens (tertiary/aromatic N) is 1. The van der Waals surface area contributed by atoms with Gasteiger partial charge in [-0.15, -0.1) is 0 Å². The molecule has 0 saturated heterocycles. The fraction of sp³-hybridized carbons (Fsp3) is 0.588. The molecule has 1 aliphatic rings. The number of nitro groups is 1. The molecule has 1 aromatic rings. The highest BCUT2D eigenvalue weighted by Gasteiger charge is 2.23. The second-order valence-electron chi connectivity index (χ2n) is 6.12. The van der Waals surface area contributed by atoms with Crippen molar-refractivity contribution in [2.75, 3.05) is 13.7 Å². The lowest BCUT2D eigenvalue weighted by molar-refractivity contribution is -0.385. The molecule has 0 amide bonds. The van der Waals surface area contributed by atoms with Gasteiger partial charge in [-0.25, -0.2) is 0 Å². The van der Waals surface area contributed by atoms with Crippen LogP contribution in [0.15, 0.2) is 12.1 Å². The molecule has 0 spiro atoms. The van der Waals surface area contributed by atoms with Gasteiger partial charge in [0, 0.05) is 24.3 Å². The molecule has 1 fully saturated rings. The number of aryl methyl sites for hydroxylation is 1. The highest BCUT2D eigenvalue weighted by atomic mass is 16.6. The molecular weight excluding hydrogens is 282 g/mol. The van der Waals surface area contributed by atoms with Crippen LogP contribution in [0.5, 0.6) is 0 Å². The van der Waals surface area contributed by atoms with Gasteiger partial charge in [0.25, 0.3) is 5.69 Å². The predicted molar refractivity (Wildman–Crippen MR) is 84.3 cm³/mol. The van der Waals surface area contributed by atoms with Crippen LogP contribution in [0.3, 0.4) is 0 Å². The Morgan fingerprint density at radius 3 is 2.59 bits per heavy atom. The van der Waals surface area contributed by atoms with E-state index in [4.69, 9.17) is 4.74 Å². The highest BCUT2D eigenvalue weighted by Crippen LogP contribution is 2.31. The standard InChI is InChI=1S/C17H23NO4/c1-12-8-14(9-13-6-4-3-5-7-13)16(18(20)21)10-15(12)17(19)11-22-2/h8,10,13H,3-7,9,11H2,1-2H3. The molecule has 0 atom stereocenters. The molecule has 5 nitrogen and oxygen atoms in total. The Kier molecular flexibility index (Phi) is 5.66. The number of Topliss-reactive ketones (excluding diaryl/α,β-unsaturated/α-hetero) is 1. The van der Waals surface area contributed by atoms with Gasteiger partial charge in [-0.2, -0.15) is 0 Å². The van der Waals surface area contributed by atoms with Crippen LogP contribution in [0, 0.1) is 23.0 Å². The van der Waals surface area contributed by atoms with E-state index in [0.717, 1.165) is 30.4 Å². The van der Waals surface area contributed by atoms with Crippen molar-refractivity contribution in [3.8, 4) is 0 Å². The van der Waals surface area contributed by atoms with Crippen LogP contribution in [-0.4, -0.2) is 24.4 Å². The maximum absolute atomic E-state index is 12.0. The van der Waals surface area contributed by atoms with Crippen molar-refractivity contribution >= 4 is 11.5 Å². The summed E-state index contributed by atoms with van der Waals surface area (Å²) in [5.74, 6) is 0.305. The normalized spacial score (nSPS) is 15.7. The van der Waals surface area contributed by atoms with Gasteiger partial charge in [-0.1, -0.05) is 32.1 Å². The van der Waals surface area contributed by atoms with Gasteiger partial charge in [0.2, 0.25) is 0 Å². The summed E-state index contributed by atoms with van der Waals surface area (Å²) < 4.78 is 4.85. The van der Waals surface area contributed by atoms with E-state index < -0.39 is 0 Å². The van der Waals surface area contributed by atoms with Crippen LogP contribution in [0.25, 0.3) is 0 Å². The van der Waals surface area contributed by atoms with E-state index in [1.54, 1.807) is 0 Å². The average Bonchev–Trinajstić information content (AvgIpc) is 2.48. The quantitative estimate of drug-likeness (QED) is 0.454. The van der Waals surface area contributed by atoms with Gasteiger partial charge in [0.1, 0.15) is 6.61 Å². The van der Waals surface area contributed by atoms with Gasteiger partial charge < -0.3 is 4.74 Å². The second-order valence-corrected chi connectivity index (χ2v) is 6.12. The van der Waals surface area contributed by atoms with Crippen molar-refractivity contribution < 1.29 is 14.5 Å². The number of ketones is 1. The molecule has 0 N–H and O–H groups in total. The topological polar surface area (TPSA) is 69.4 Å². The fourth-order valence-corrected chi connectivity index (χ4v) is 3.30. The third-order valence-corrected chi connectivity index (χ3v) is 4.43. The van der Waals surface area contributed by atoms with E-state index in [1.807, 2.05) is 13.0 Å². The summed E-state index contributed by atoms with van der Waals surface area (Å²) in [6.45, 7) is 1.77. The predicted octanol–water partition coefficient (Wildman–Crippen LogP) is 3.86. The number of nitro benzene ring substituents is 1. The molecule has 0 aromatic heterocycles. The Hall–Kier alpha value is -1.75. The third kappa shape index (κ3) is 3.91. The van der Waals surface area contributed by atoms with Crippen LogP contribution in [0.1, 0.15) is 53.6 Å². The Morgan fingerprint density at radius 1 is 1.32 bits per heavy atom. The van der Waals surface area contributed by atoms with Crippen molar-refractivity contribution in [2.24, 2.45) is 5.92 Å². The zero-order valence-electron chi connectivity index (χ0n) is 13.3. The number of hydrogen-bond acceptors (Lipinski definition) is 4. The van der Waals surface area contributed by atoms with Crippen LogP contribution in [0.4, 0.5) is 5.69 Å². The summed E-state index contributed by atoms with van der Waals surface area (Å²) in [4.78, 5) is 23.0. The molecule has 1 saturated carbocycles. The van der Waals surface area contributed by atoms with E-state index in [1.165, 1.54) is 32.4 Å². The molecule has 2 rings (SSSR count). The first kappa shape index (κ1) is 16.6. The number of benzene rings is 1. The van der Waals surface area contributed by atoms with Crippen molar-refractivity contribution in [3.63, 3.8) is 0 Å². The number of ether oxygens (including phenoxy) is 1. The van der Waals surface area contributed by atoms with Gasteiger partial charge >= 0.3 is 0 Å². The molecule has 22 heavy (non-hydrogen) atoms. The lowest BCUT2D eigenvalue weighted by Crippen LogP contribution is -2.13. The smallest absolute Gasteiger partial charge is 0.273 e. The summed E-state index contributed by atoms with van der Waals surface area (Å²) in [7, 11) is 1.44. The maximum Gasteiger partial charge on any atom is 0.273 e. The summed E-state index contributed by atoms with van der Waals surface area (Å²) >= 11 is 0. The second kappa shape index (κ2) is 7.49. The van der Waals surface area contributed by atoms with E-state index >= 15 is 0 Å². The van der Waals surface area contributed by atoms with Crippen molar-refractivity contribution in [2.45, 2.75) is 45.4 Å². The van der Waals surface area contributed by atoms with Crippen molar-refractivity contribution in [1.29, 1.82) is 0 Å². The van der Waals surface area contributed by atoms with Crippen molar-refractivity contribution in [1.82, 2.24) is 0 Å². The van der Waals surface area contributed by atoms with E-state index in [-0.39, 0.29) is 23.0 Å². The van der Waals surface area contributed by atoms with Gasteiger partial charge in [-0.3, -0.25) is 14.9 Å².